The van der Waals surface area contributed by atoms with Crippen LogP contribution in [0.2, 0.25) is 0 Å². The van der Waals surface area contributed by atoms with Gasteiger partial charge in [0.1, 0.15) is 22.3 Å². The SMILES string of the molecule is c1ccc(-c2ccc(-c3nc(-c4cccc(-n5c6ccccc6c6ccccc65)c4)nc(-c4ccc5c(c4)oc4ccccc45)n3)cc2)cc1.c1ccc(-c2nc(-c3cccc(-n4c5ccccc5c5ccccc54)c3)nc(-c3ccc4c(c3)oc3ccccc34)n2)cc1.c1ccc(-c2nc(-c3ccccc3)nc(-c3ccc4cc(-n5c6ccccc6c6ccccc65)ccc4c3)n2)cc1. The highest BCUT2D eigenvalue weighted by Crippen LogP contribution is 2.42. The minimum absolute atomic E-state index is 0.585. The van der Waals surface area contributed by atoms with E-state index in [2.05, 4.69) is 329 Å². The van der Waals surface area contributed by atoms with Crippen LogP contribution in [0.15, 0.2) is 470 Å². The van der Waals surface area contributed by atoms with Crippen LogP contribution in [-0.4, -0.2) is 58.6 Å². The molecule has 0 N–H and O–H groups in total. The van der Waals surface area contributed by atoms with Crippen molar-refractivity contribution >= 4 is 120 Å². The maximum absolute atomic E-state index is 6.25. The van der Waals surface area contributed by atoms with Crippen molar-refractivity contribution in [3.05, 3.63) is 461 Å². The first kappa shape index (κ1) is 78.7. The minimum Gasteiger partial charge on any atom is -0.456 e. The smallest absolute Gasteiger partial charge is 0.164 e. The van der Waals surface area contributed by atoms with Crippen LogP contribution in [-0.2, 0) is 0 Å². The summed E-state index contributed by atoms with van der Waals surface area (Å²) in [6, 6.07) is 159. The largest absolute Gasteiger partial charge is 0.456 e. The topological polar surface area (TPSA) is 157 Å². The molecule has 0 saturated carbocycles. The van der Waals surface area contributed by atoms with Crippen LogP contribution in [0.3, 0.4) is 0 Å². The predicted molar refractivity (Wildman–Crippen MR) is 549 cm³/mol. The summed E-state index contributed by atoms with van der Waals surface area (Å²) in [5.41, 5.74) is 24.2. The molecule has 27 rings (SSSR count). The number of hydrogen-bond acceptors (Lipinski definition) is 11. The maximum Gasteiger partial charge on any atom is 0.164 e. The second kappa shape index (κ2) is 33.5. The molecule has 0 amide bonds. The summed E-state index contributed by atoms with van der Waals surface area (Å²) >= 11 is 0. The van der Waals surface area contributed by atoms with Crippen molar-refractivity contribution in [1.29, 1.82) is 0 Å². The van der Waals surface area contributed by atoms with Gasteiger partial charge >= 0.3 is 0 Å². The van der Waals surface area contributed by atoms with Crippen LogP contribution in [0.1, 0.15) is 0 Å². The summed E-state index contributed by atoms with van der Waals surface area (Å²) < 4.78 is 19.4. The lowest BCUT2D eigenvalue weighted by Gasteiger charge is -2.12. The monoisotopic (exact) mass is 1730 g/mol. The van der Waals surface area contributed by atoms with Gasteiger partial charge in [-0.25, -0.2) is 44.9 Å². The number of hydrogen-bond donors (Lipinski definition) is 0. The zero-order valence-electron chi connectivity index (χ0n) is 72.6. The quantitative estimate of drug-likeness (QED) is 0.108. The fourth-order valence-electron chi connectivity index (χ4n) is 18.9. The van der Waals surface area contributed by atoms with E-state index in [4.69, 9.17) is 53.7 Å². The summed E-state index contributed by atoms with van der Waals surface area (Å²) in [4.78, 5) is 44.8. The second-order valence-corrected chi connectivity index (χ2v) is 33.5. The molecular formula is C121H76N12O2. The van der Waals surface area contributed by atoms with E-state index in [1.165, 1.54) is 43.4 Å². The number of nitrogens with zero attached hydrogens (tertiary/aromatic N) is 12. The van der Waals surface area contributed by atoms with Gasteiger partial charge in [-0.2, -0.15) is 0 Å². The standard InChI is InChI=1S/C45H28N4O.C39H24N4O.C37H24N4/c1-2-11-29(12-3-1)30-21-23-31(24-22-30)43-46-44(48-45(47-43)33-25-26-38-37-17-6-9-20-41(37)50-42(38)28-33)32-13-10-14-34(27-32)49-39-18-7-4-15-35(39)36-16-5-8-19-40(36)49;1-2-11-25(12-3-1)37-40-38(42-39(41-37)27-21-22-32-31-17-6-9-20-35(31)44-36(32)24-27)26-13-10-14-28(23-26)43-33-18-7-4-15-29(33)30-16-5-8-19-34(30)43;1-3-11-25(12-4-1)35-38-36(26-13-5-2-6-14-26)40-37(39-35)29-20-19-28-24-30(22-21-27(28)23-29)41-33-17-9-7-15-31(33)32-16-8-10-18-34(32)41/h1-28H;1-24H;1-24H. The van der Waals surface area contributed by atoms with Gasteiger partial charge in [0, 0.05) is 121 Å². The van der Waals surface area contributed by atoms with Crippen molar-refractivity contribution in [3.63, 3.8) is 0 Å². The number of fused-ring (bicyclic) bond motifs is 16. The highest BCUT2D eigenvalue weighted by atomic mass is 16.3. The predicted octanol–water partition coefficient (Wildman–Crippen LogP) is 30.5. The third kappa shape index (κ3) is 14.6. The van der Waals surface area contributed by atoms with Gasteiger partial charge in [-0.15, -0.1) is 0 Å². The molecule has 0 aliphatic heterocycles. The summed E-state index contributed by atoms with van der Waals surface area (Å²) in [5.74, 6) is 5.61. The zero-order valence-corrected chi connectivity index (χ0v) is 72.6. The Morgan fingerprint density at radius 1 is 0.133 bits per heavy atom. The van der Waals surface area contributed by atoms with Crippen molar-refractivity contribution in [2.24, 2.45) is 0 Å². The van der Waals surface area contributed by atoms with E-state index in [0.29, 0.717) is 52.4 Å². The minimum atomic E-state index is 0.585. The van der Waals surface area contributed by atoms with Gasteiger partial charge in [0.05, 0.1) is 33.1 Å². The normalized spacial score (nSPS) is 11.6. The van der Waals surface area contributed by atoms with Crippen LogP contribution in [0, 0.1) is 0 Å². The first-order chi connectivity index (χ1) is 66.9. The van der Waals surface area contributed by atoms with E-state index in [1.54, 1.807) is 0 Å². The molecular weight excluding hydrogens is 1650 g/mol. The Morgan fingerprint density at radius 3 is 0.711 bits per heavy atom. The Morgan fingerprint density at radius 2 is 0.356 bits per heavy atom. The molecule has 8 heterocycles. The van der Waals surface area contributed by atoms with Gasteiger partial charge in [0.15, 0.2) is 52.4 Å². The Hall–Kier alpha value is -18.5. The molecule has 0 aliphatic carbocycles. The molecule has 0 atom stereocenters. The molecule has 0 fully saturated rings. The van der Waals surface area contributed by atoms with E-state index in [0.717, 1.165) is 155 Å². The fraction of sp³-hybridized carbons (Fsp3) is 0. The second-order valence-electron chi connectivity index (χ2n) is 33.5. The van der Waals surface area contributed by atoms with Gasteiger partial charge in [0.25, 0.3) is 0 Å². The zero-order chi connectivity index (χ0) is 89.2. The average molecular weight is 1730 g/mol. The summed E-state index contributed by atoms with van der Waals surface area (Å²) in [5, 5.41) is 14.0. The number of furan rings is 2. The molecule has 27 aromatic rings. The fourth-order valence-corrected chi connectivity index (χ4v) is 18.9. The van der Waals surface area contributed by atoms with Crippen LogP contribution in [0.4, 0.5) is 0 Å². The van der Waals surface area contributed by atoms with Crippen molar-refractivity contribution in [2.75, 3.05) is 0 Å². The lowest BCUT2D eigenvalue weighted by molar-refractivity contribution is 0.668. The summed E-state index contributed by atoms with van der Waals surface area (Å²) in [7, 11) is 0. The van der Waals surface area contributed by atoms with Gasteiger partial charge < -0.3 is 22.5 Å². The molecule has 632 valence electrons. The lowest BCUT2D eigenvalue weighted by atomic mass is 10.0. The van der Waals surface area contributed by atoms with Crippen LogP contribution in [0.25, 0.3) is 251 Å². The molecule has 19 aromatic carbocycles. The van der Waals surface area contributed by atoms with Crippen LogP contribution in [0.5, 0.6) is 0 Å². The van der Waals surface area contributed by atoms with Gasteiger partial charge in [0.2, 0.25) is 0 Å². The summed E-state index contributed by atoms with van der Waals surface area (Å²) in [6.07, 6.45) is 0. The van der Waals surface area contributed by atoms with Crippen LogP contribution < -0.4 is 0 Å². The Balaban J connectivity index is 0.000000109. The number of rotatable bonds is 13. The molecule has 0 radical (unpaired) electrons. The Kier molecular flexibility index (Phi) is 19.5. The first-order valence-corrected chi connectivity index (χ1v) is 45.0. The third-order valence-corrected chi connectivity index (χ3v) is 25.3. The van der Waals surface area contributed by atoms with E-state index in [9.17, 15) is 0 Å². The first-order valence-electron chi connectivity index (χ1n) is 45.0. The molecule has 0 saturated heterocycles. The van der Waals surface area contributed by atoms with Crippen molar-refractivity contribution in [2.45, 2.75) is 0 Å². The Bertz CT molecular complexity index is 9050. The van der Waals surface area contributed by atoms with Crippen molar-refractivity contribution < 1.29 is 8.83 Å². The highest BCUT2D eigenvalue weighted by molar-refractivity contribution is 6.13. The molecule has 0 bridgehead atoms. The van der Waals surface area contributed by atoms with Crippen molar-refractivity contribution in [3.8, 4) is 131 Å². The molecule has 135 heavy (non-hydrogen) atoms. The van der Waals surface area contributed by atoms with E-state index in [1.807, 2.05) is 146 Å². The number of benzene rings is 19. The van der Waals surface area contributed by atoms with Crippen molar-refractivity contribution in [1.82, 2.24) is 58.6 Å². The van der Waals surface area contributed by atoms with Crippen LogP contribution >= 0.6 is 0 Å². The van der Waals surface area contributed by atoms with E-state index < -0.39 is 0 Å². The molecule has 0 unspecified atom stereocenters. The Labute approximate surface area is 774 Å². The maximum atomic E-state index is 6.25. The van der Waals surface area contributed by atoms with E-state index in [-0.39, 0.29) is 0 Å². The summed E-state index contributed by atoms with van der Waals surface area (Å²) in [6.45, 7) is 0. The molecule has 14 heteroatoms. The van der Waals surface area contributed by atoms with Gasteiger partial charge in [-0.1, -0.05) is 346 Å². The third-order valence-electron chi connectivity index (χ3n) is 25.3. The molecule has 0 spiro atoms. The highest BCUT2D eigenvalue weighted by Gasteiger charge is 2.23. The number of aromatic nitrogens is 12. The van der Waals surface area contributed by atoms with E-state index >= 15 is 0 Å². The molecule has 14 nitrogen and oxygen atoms in total. The lowest BCUT2D eigenvalue weighted by Crippen LogP contribution is -2.01. The average Bonchev–Trinajstić information content (AvgIpc) is 1.54. The molecule has 8 aromatic heterocycles. The molecule has 0 aliphatic rings. The number of para-hydroxylation sites is 8. The van der Waals surface area contributed by atoms with Gasteiger partial charge in [-0.05, 0) is 137 Å². The van der Waals surface area contributed by atoms with Gasteiger partial charge in [-0.3, -0.25) is 0 Å².